The van der Waals surface area contributed by atoms with Crippen molar-refractivity contribution in [2.45, 2.75) is 4.90 Å². The van der Waals surface area contributed by atoms with Crippen LogP contribution in [-0.4, -0.2) is 65.6 Å². The van der Waals surface area contributed by atoms with Crippen LogP contribution in [0.3, 0.4) is 0 Å². The summed E-state index contributed by atoms with van der Waals surface area (Å²) in [7, 11) is -2.18. The maximum absolute atomic E-state index is 13.1. The molecule has 1 fully saturated rings. The zero-order valence-electron chi connectivity index (χ0n) is 15.4. The van der Waals surface area contributed by atoms with E-state index in [-0.39, 0.29) is 23.9 Å². The van der Waals surface area contributed by atoms with Crippen LogP contribution in [0.2, 0.25) is 0 Å². The molecule has 152 valence electrons. The number of amides is 1. The first-order valence-electron chi connectivity index (χ1n) is 8.76. The van der Waals surface area contributed by atoms with E-state index in [4.69, 9.17) is 4.74 Å². The van der Waals surface area contributed by atoms with Gasteiger partial charge in [-0.3, -0.25) is 4.79 Å². The SMILES string of the molecule is COc1ccc(Br)c(C(=O)N2CCN(S(=O)(=O)c3cccc4nsnc34)CC2)c1. The lowest BCUT2D eigenvalue weighted by atomic mass is 10.1. The number of halogens is 1. The number of rotatable bonds is 4. The summed E-state index contributed by atoms with van der Waals surface area (Å²) in [6.45, 7) is 1.02. The zero-order chi connectivity index (χ0) is 20.6. The van der Waals surface area contributed by atoms with Crippen LogP contribution in [0.25, 0.3) is 11.0 Å². The van der Waals surface area contributed by atoms with Gasteiger partial charge in [-0.15, -0.1) is 0 Å². The number of hydrogen-bond acceptors (Lipinski definition) is 7. The molecule has 1 aliphatic rings. The molecule has 3 aromatic rings. The Hall–Kier alpha value is -2.08. The van der Waals surface area contributed by atoms with Crippen LogP contribution in [0.15, 0.2) is 45.8 Å². The highest BCUT2D eigenvalue weighted by Crippen LogP contribution is 2.27. The summed E-state index contributed by atoms with van der Waals surface area (Å²) < 4.78 is 41.7. The van der Waals surface area contributed by atoms with Crippen LogP contribution >= 0.6 is 27.7 Å². The molecule has 1 aliphatic heterocycles. The summed E-state index contributed by atoms with van der Waals surface area (Å²) in [5.41, 5.74) is 1.43. The number of hydrogen-bond donors (Lipinski definition) is 0. The van der Waals surface area contributed by atoms with Gasteiger partial charge in [0.05, 0.1) is 24.4 Å². The molecule has 2 aromatic carbocycles. The van der Waals surface area contributed by atoms with Gasteiger partial charge in [-0.2, -0.15) is 13.1 Å². The normalized spacial score (nSPS) is 15.6. The number of piperazine rings is 1. The zero-order valence-corrected chi connectivity index (χ0v) is 18.6. The highest BCUT2D eigenvalue weighted by Gasteiger charge is 2.32. The van der Waals surface area contributed by atoms with Gasteiger partial charge in [-0.1, -0.05) is 6.07 Å². The third-order valence-electron chi connectivity index (χ3n) is 4.80. The number of carbonyl (C=O) groups is 1. The summed E-state index contributed by atoms with van der Waals surface area (Å²) in [4.78, 5) is 14.7. The molecule has 8 nitrogen and oxygen atoms in total. The Morgan fingerprint density at radius 2 is 1.90 bits per heavy atom. The summed E-state index contributed by atoms with van der Waals surface area (Å²) in [6, 6.07) is 10.1. The van der Waals surface area contributed by atoms with Crippen LogP contribution in [-0.2, 0) is 10.0 Å². The predicted octanol–water partition coefficient (Wildman–Crippen LogP) is 2.61. The molecular formula is C18H17BrN4O4S2. The Morgan fingerprint density at radius 3 is 2.62 bits per heavy atom. The average molecular weight is 497 g/mol. The van der Waals surface area contributed by atoms with Gasteiger partial charge in [0.2, 0.25) is 10.0 Å². The molecule has 0 spiro atoms. The van der Waals surface area contributed by atoms with E-state index in [1.54, 1.807) is 48.4 Å². The Bertz CT molecular complexity index is 1170. The minimum atomic E-state index is -3.72. The molecule has 11 heteroatoms. The van der Waals surface area contributed by atoms with Gasteiger partial charge >= 0.3 is 0 Å². The highest BCUT2D eigenvalue weighted by atomic mass is 79.9. The van der Waals surface area contributed by atoms with Crippen molar-refractivity contribution in [3.8, 4) is 5.75 Å². The number of methoxy groups -OCH3 is 1. The molecule has 0 aliphatic carbocycles. The minimum absolute atomic E-state index is 0.152. The first-order chi connectivity index (χ1) is 13.9. The van der Waals surface area contributed by atoms with Gasteiger partial charge in [0.15, 0.2) is 0 Å². The molecular weight excluding hydrogens is 480 g/mol. The quantitative estimate of drug-likeness (QED) is 0.551. The summed E-state index contributed by atoms with van der Waals surface area (Å²) in [5, 5.41) is 0. The monoisotopic (exact) mass is 496 g/mol. The fraction of sp³-hybridized carbons (Fsp3) is 0.278. The molecule has 1 aromatic heterocycles. The lowest BCUT2D eigenvalue weighted by Crippen LogP contribution is -2.50. The Labute approximate surface area is 180 Å². The number of aromatic nitrogens is 2. The Kier molecular flexibility index (Phi) is 5.56. The molecule has 0 radical (unpaired) electrons. The summed E-state index contributed by atoms with van der Waals surface area (Å²) >= 11 is 4.38. The smallest absolute Gasteiger partial charge is 0.255 e. The first kappa shape index (κ1) is 20.2. The van der Waals surface area contributed by atoms with E-state index in [0.29, 0.717) is 39.9 Å². The predicted molar refractivity (Wildman–Crippen MR) is 113 cm³/mol. The van der Waals surface area contributed by atoms with Gasteiger partial charge in [-0.25, -0.2) is 8.42 Å². The van der Waals surface area contributed by atoms with Crippen molar-refractivity contribution in [1.29, 1.82) is 0 Å². The first-order valence-corrected chi connectivity index (χ1v) is 11.7. The minimum Gasteiger partial charge on any atom is -0.497 e. The standard InChI is InChI=1S/C18H17BrN4O4S2/c1-27-12-5-6-14(19)13(11-12)18(24)22-7-9-23(10-8-22)29(25,26)16-4-2-3-15-17(16)21-28-20-15/h2-6,11H,7-10H2,1H3. The molecule has 29 heavy (non-hydrogen) atoms. The van der Waals surface area contributed by atoms with Crippen molar-refractivity contribution >= 4 is 54.6 Å². The third-order valence-corrected chi connectivity index (χ3v) is 7.96. The number of benzene rings is 2. The number of fused-ring (bicyclic) bond motifs is 1. The van der Waals surface area contributed by atoms with Crippen molar-refractivity contribution in [3.63, 3.8) is 0 Å². The maximum atomic E-state index is 13.1. The molecule has 0 N–H and O–H groups in total. The molecule has 0 unspecified atom stereocenters. The van der Waals surface area contributed by atoms with E-state index in [9.17, 15) is 13.2 Å². The summed E-state index contributed by atoms with van der Waals surface area (Å²) in [5.74, 6) is 0.418. The van der Waals surface area contributed by atoms with E-state index in [0.717, 1.165) is 11.7 Å². The molecule has 0 atom stereocenters. The van der Waals surface area contributed by atoms with Crippen molar-refractivity contribution in [2.24, 2.45) is 0 Å². The molecule has 4 rings (SSSR count). The maximum Gasteiger partial charge on any atom is 0.255 e. The van der Waals surface area contributed by atoms with Crippen molar-refractivity contribution in [1.82, 2.24) is 18.0 Å². The van der Waals surface area contributed by atoms with Crippen LogP contribution in [0.4, 0.5) is 0 Å². The second kappa shape index (κ2) is 7.98. The van der Waals surface area contributed by atoms with Crippen LogP contribution in [0.5, 0.6) is 5.75 Å². The topological polar surface area (TPSA) is 92.7 Å². The molecule has 0 saturated carbocycles. The fourth-order valence-corrected chi connectivity index (χ4v) is 5.82. The van der Waals surface area contributed by atoms with Crippen LogP contribution < -0.4 is 4.74 Å². The van der Waals surface area contributed by atoms with Crippen molar-refractivity contribution < 1.29 is 17.9 Å². The van der Waals surface area contributed by atoms with Crippen LogP contribution in [0, 0.1) is 0 Å². The van der Waals surface area contributed by atoms with Gasteiger partial charge in [0.25, 0.3) is 5.91 Å². The van der Waals surface area contributed by atoms with Crippen LogP contribution in [0.1, 0.15) is 10.4 Å². The number of nitrogens with zero attached hydrogens (tertiary/aromatic N) is 4. The van der Waals surface area contributed by atoms with E-state index < -0.39 is 10.0 Å². The van der Waals surface area contributed by atoms with Gasteiger partial charge in [-0.05, 0) is 46.3 Å². The molecule has 1 amide bonds. The highest BCUT2D eigenvalue weighted by molar-refractivity contribution is 9.10. The second-order valence-corrected chi connectivity index (χ2v) is 9.72. The van der Waals surface area contributed by atoms with E-state index in [1.807, 2.05) is 0 Å². The van der Waals surface area contributed by atoms with Gasteiger partial charge in [0.1, 0.15) is 21.7 Å². The third kappa shape index (κ3) is 3.75. The lowest BCUT2D eigenvalue weighted by molar-refractivity contribution is 0.0696. The molecule has 0 bridgehead atoms. The Balaban J connectivity index is 1.52. The average Bonchev–Trinajstić information content (AvgIpc) is 3.22. The number of ether oxygens (including phenoxy) is 1. The van der Waals surface area contributed by atoms with Crippen molar-refractivity contribution in [2.75, 3.05) is 33.3 Å². The van der Waals surface area contributed by atoms with E-state index >= 15 is 0 Å². The second-order valence-electron chi connectivity index (χ2n) is 6.43. The fourth-order valence-electron chi connectivity index (χ4n) is 3.23. The lowest BCUT2D eigenvalue weighted by Gasteiger charge is -2.34. The molecule has 2 heterocycles. The number of sulfonamides is 1. The van der Waals surface area contributed by atoms with E-state index in [1.165, 1.54) is 4.31 Å². The molecule has 1 saturated heterocycles. The van der Waals surface area contributed by atoms with Crippen molar-refractivity contribution in [3.05, 3.63) is 46.4 Å². The number of carbonyl (C=O) groups excluding carboxylic acids is 1. The van der Waals surface area contributed by atoms with Gasteiger partial charge in [0, 0.05) is 30.7 Å². The largest absolute Gasteiger partial charge is 0.497 e. The van der Waals surface area contributed by atoms with Gasteiger partial charge < -0.3 is 9.64 Å². The van der Waals surface area contributed by atoms with E-state index in [2.05, 4.69) is 24.7 Å². The Morgan fingerprint density at radius 1 is 1.14 bits per heavy atom. The summed E-state index contributed by atoms with van der Waals surface area (Å²) in [6.07, 6.45) is 0.